The number of hydrogen-bond acceptors (Lipinski definition) is 2. The lowest BCUT2D eigenvalue weighted by atomic mass is 9.99. The van der Waals surface area contributed by atoms with Gasteiger partial charge in [-0.25, -0.2) is 0 Å². The predicted molar refractivity (Wildman–Crippen MR) is 108 cm³/mol. The maximum Gasteiger partial charge on any atom is 0.261 e. The van der Waals surface area contributed by atoms with Gasteiger partial charge in [-0.3, -0.25) is 4.79 Å². The van der Waals surface area contributed by atoms with Crippen LogP contribution in [0.3, 0.4) is 0 Å². The number of aryl methyl sites for hydroxylation is 4. The van der Waals surface area contributed by atoms with E-state index in [1.165, 1.54) is 11.1 Å². The van der Waals surface area contributed by atoms with Crippen LogP contribution < -0.4 is 10.1 Å². The summed E-state index contributed by atoms with van der Waals surface area (Å²) in [6.07, 6.45) is 0.979. The Kier molecular flexibility index (Phi) is 6.84. The number of rotatable bonds is 7. The smallest absolute Gasteiger partial charge is 0.261 e. The predicted octanol–water partition coefficient (Wildman–Crippen LogP) is 5.35. The van der Waals surface area contributed by atoms with Crippen LogP contribution in [0.5, 0.6) is 5.75 Å². The zero-order chi connectivity index (χ0) is 19.3. The first kappa shape index (κ1) is 20.0. The van der Waals surface area contributed by atoms with Gasteiger partial charge in [0.2, 0.25) is 0 Å². The normalized spacial score (nSPS) is 13.2. The molecular formula is C23H31NO2. The fourth-order valence-corrected chi connectivity index (χ4v) is 2.98. The molecular weight excluding hydrogens is 322 g/mol. The average Bonchev–Trinajstić information content (AvgIpc) is 2.62. The zero-order valence-electron chi connectivity index (χ0n) is 16.8. The Bertz CT molecular complexity index is 767. The Morgan fingerprint density at radius 2 is 1.62 bits per heavy atom. The van der Waals surface area contributed by atoms with Crippen molar-refractivity contribution in [2.75, 3.05) is 0 Å². The molecule has 1 amide bonds. The Labute approximate surface area is 157 Å². The van der Waals surface area contributed by atoms with Gasteiger partial charge >= 0.3 is 0 Å². The number of carbonyl (C=O) groups excluding carboxylic acids is 1. The lowest BCUT2D eigenvalue weighted by molar-refractivity contribution is -0.129. The van der Waals surface area contributed by atoms with E-state index in [0.717, 1.165) is 28.9 Å². The maximum atomic E-state index is 12.8. The van der Waals surface area contributed by atoms with Gasteiger partial charge in [-0.15, -0.1) is 0 Å². The van der Waals surface area contributed by atoms with Gasteiger partial charge in [0, 0.05) is 0 Å². The van der Waals surface area contributed by atoms with Crippen molar-refractivity contribution in [1.29, 1.82) is 0 Å². The van der Waals surface area contributed by atoms with Crippen LogP contribution in [0.25, 0.3) is 0 Å². The highest BCUT2D eigenvalue weighted by molar-refractivity contribution is 5.81. The molecule has 0 fully saturated rings. The van der Waals surface area contributed by atoms with Crippen molar-refractivity contribution < 1.29 is 9.53 Å². The summed E-state index contributed by atoms with van der Waals surface area (Å²) in [4.78, 5) is 12.8. The summed E-state index contributed by atoms with van der Waals surface area (Å²) in [5.74, 6) is 0.727. The Hall–Kier alpha value is -2.29. The standard InChI is InChI=1S/C23H31NO2/c1-7-20(19-12-11-16(4)18(6)14-19)24-23(25)21(8-2)26-22-13-15(3)9-10-17(22)5/h9-14,20-21H,7-8H2,1-6H3,(H,24,25)/t20-,21+/m1/s1. The monoisotopic (exact) mass is 353 g/mol. The number of benzene rings is 2. The molecule has 0 aliphatic carbocycles. The van der Waals surface area contributed by atoms with E-state index in [0.29, 0.717) is 6.42 Å². The number of hydrogen-bond donors (Lipinski definition) is 1. The van der Waals surface area contributed by atoms with Crippen LogP contribution in [0, 0.1) is 27.7 Å². The summed E-state index contributed by atoms with van der Waals surface area (Å²) in [6.45, 7) is 12.3. The molecule has 0 aromatic heterocycles. The molecule has 2 aromatic carbocycles. The third-order valence-electron chi connectivity index (χ3n) is 4.93. The topological polar surface area (TPSA) is 38.3 Å². The fraction of sp³-hybridized carbons (Fsp3) is 0.435. The second-order valence-electron chi connectivity index (χ2n) is 7.10. The fourth-order valence-electron chi connectivity index (χ4n) is 2.98. The summed E-state index contributed by atoms with van der Waals surface area (Å²) >= 11 is 0. The second-order valence-corrected chi connectivity index (χ2v) is 7.10. The van der Waals surface area contributed by atoms with Crippen LogP contribution in [0.15, 0.2) is 36.4 Å². The van der Waals surface area contributed by atoms with Gasteiger partial charge in [-0.1, -0.05) is 44.2 Å². The van der Waals surface area contributed by atoms with Gasteiger partial charge in [-0.2, -0.15) is 0 Å². The minimum absolute atomic E-state index is 0.00180. The summed E-state index contributed by atoms with van der Waals surface area (Å²) in [5.41, 5.74) is 5.82. The van der Waals surface area contributed by atoms with E-state index in [1.807, 2.05) is 32.9 Å². The number of carbonyl (C=O) groups is 1. The van der Waals surface area contributed by atoms with Gasteiger partial charge in [0.25, 0.3) is 5.91 Å². The largest absolute Gasteiger partial charge is 0.480 e. The summed E-state index contributed by atoms with van der Waals surface area (Å²) in [7, 11) is 0. The summed E-state index contributed by atoms with van der Waals surface area (Å²) in [5, 5.41) is 3.17. The average molecular weight is 354 g/mol. The van der Waals surface area contributed by atoms with Crippen molar-refractivity contribution in [3.63, 3.8) is 0 Å². The van der Waals surface area contributed by atoms with Crippen LogP contribution in [0.4, 0.5) is 0 Å². The molecule has 0 heterocycles. The molecule has 2 atom stereocenters. The van der Waals surface area contributed by atoms with Crippen LogP contribution >= 0.6 is 0 Å². The van der Waals surface area contributed by atoms with Crippen LogP contribution in [-0.4, -0.2) is 12.0 Å². The van der Waals surface area contributed by atoms with E-state index in [1.54, 1.807) is 0 Å². The molecule has 140 valence electrons. The second kappa shape index (κ2) is 8.88. The highest BCUT2D eigenvalue weighted by Crippen LogP contribution is 2.23. The van der Waals surface area contributed by atoms with E-state index < -0.39 is 6.10 Å². The minimum Gasteiger partial charge on any atom is -0.480 e. The van der Waals surface area contributed by atoms with Gasteiger partial charge in [0.15, 0.2) is 6.10 Å². The number of ether oxygens (including phenoxy) is 1. The molecule has 2 rings (SSSR count). The quantitative estimate of drug-likeness (QED) is 0.729. The van der Waals surface area contributed by atoms with E-state index >= 15 is 0 Å². The lowest BCUT2D eigenvalue weighted by Gasteiger charge is -2.23. The van der Waals surface area contributed by atoms with Gasteiger partial charge in [0.1, 0.15) is 5.75 Å². The summed E-state index contributed by atoms with van der Waals surface area (Å²) < 4.78 is 6.05. The maximum absolute atomic E-state index is 12.8. The lowest BCUT2D eigenvalue weighted by Crippen LogP contribution is -2.40. The molecule has 0 unspecified atom stereocenters. The first-order valence-corrected chi connectivity index (χ1v) is 9.47. The van der Waals surface area contributed by atoms with E-state index in [2.05, 4.69) is 50.4 Å². The molecule has 0 bridgehead atoms. The van der Waals surface area contributed by atoms with Crippen molar-refractivity contribution in [3.8, 4) is 5.75 Å². The molecule has 26 heavy (non-hydrogen) atoms. The Morgan fingerprint density at radius 3 is 2.23 bits per heavy atom. The summed E-state index contributed by atoms with van der Waals surface area (Å²) in [6, 6.07) is 12.4. The van der Waals surface area contributed by atoms with Gasteiger partial charge < -0.3 is 10.1 Å². The number of amides is 1. The molecule has 3 nitrogen and oxygen atoms in total. The third-order valence-corrected chi connectivity index (χ3v) is 4.93. The molecule has 0 spiro atoms. The van der Waals surface area contributed by atoms with Crippen molar-refractivity contribution in [1.82, 2.24) is 5.32 Å². The van der Waals surface area contributed by atoms with Crippen molar-refractivity contribution in [3.05, 3.63) is 64.2 Å². The Balaban J connectivity index is 2.13. The molecule has 3 heteroatoms. The Morgan fingerprint density at radius 1 is 0.923 bits per heavy atom. The van der Waals surface area contributed by atoms with E-state index in [9.17, 15) is 4.79 Å². The van der Waals surface area contributed by atoms with Crippen molar-refractivity contribution in [2.24, 2.45) is 0 Å². The van der Waals surface area contributed by atoms with Crippen molar-refractivity contribution in [2.45, 2.75) is 66.5 Å². The van der Waals surface area contributed by atoms with Crippen LogP contribution in [0.2, 0.25) is 0 Å². The molecule has 2 aromatic rings. The van der Waals surface area contributed by atoms with Crippen LogP contribution in [-0.2, 0) is 4.79 Å². The van der Waals surface area contributed by atoms with Gasteiger partial charge in [-0.05, 0) is 74.4 Å². The molecule has 1 N–H and O–H groups in total. The first-order valence-electron chi connectivity index (χ1n) is 9.47. The van der Waals surface area contributed by atoms with Gasteiger partial charge in [0.05, 0.1) is 6.04 Å². The van der Waals surface area contributed by atoms with E-state index in [4.69, 9.17) is 4.74 Å². The zero-order valence-corrected chi connectivity index (χ0v) is 16.8. The minimum atomic E-state index is -0.490. The highest BCUT2D eigenvalue weighted by atomic mass is 16.5. The third kappa shape index (κ3) is 4.87. The molecule has 0 aliphatic rings. The van der Waals surface area contributed by atoms with E-state index in [-0.39, 0.29) is 11.9 Å². The molecule has 0 aliphatic heterocycles. The molecule has 0 saturated heterocycles. The molecule has 0 radical (unpaired) electrons. The van der Waals surface area contributed by atoms with Crippen molar-refractivity contribution >= 4 is 5.91 Å². The first-order chi connectivity index (χ1) is 12.3. The number of nitrogens with one attached hydrogen (secondary N) is 1. The SMILES string of the molecule is CC[C@H](Oc1cc(C)ccc1C)C(=O)N[C@H](CC)c1ccc(C)c(C)c1. The van der Waals surface area contributed by atoms with Crippen LogP contribution in [0.1, 0.15) is 60.5 Å². The highest BCUT2D eigenvalue weighted by Gasteiger charge is 2.22. The molecule has 0 saturated carbocycles.